The Morgan fingerprint density at radius 3 is 2.21 bits per heavy atom. The van der Waals surface area contributed by atoms with Crippen LogP contribution in [0.1, 0.15) is 65.2 Å². The van der Waals surface area contributed by atoms with Gasteiger partial charge in [0.1, 0.15) is 0 Å². The molecule has 2 heteroatoms. The molecule has 0 fully saturated rings. The summed E-state index contributed by atoms with van der Waals surface area (Å²) in [7, 11) is 0. The lowest BCUT2D eigenvalue weighted by Crippen LogP contribution is -2.11. The molecule has 84 valence electrons. The molecule has 2 nitrogen and oxygen atoms in total. The number of unbranched alkanes of at least 4 members (excludes halogenated alkanes) is 5. The first kappa shape index (κ1) is 13.5. The molecule has 0 rings (SSSR count). The van der Waals surface area contributed by atoms with Crippen LogP contribution in [0.15, 0.2) is 4.99 Å². The Kier molecular flexibility index (Phi) is 10.2. The fraction of sp³-hybridized carbons (Fsp3) is 0.917. The van der Waals surface area contributed by atoms with Gasteiger partial charge in [0.15, 0.2) is 0 Å². The SMILES string of the molecule is CCCCCCC/N=C(/N)CCCC. The Labute approximate surface area is 89.0 Å². The van der Waals surface area contributed by atoms with Crippen molar-refractivity contribution in [3.63, 3.8) is 0 Å². The van der Waals surface area contributed by atoms with Crippen LogP contribution in [0.25, 0.3) is 0 Å². The van der Waals surface area contributed by atoms with Crippen molar-refractivity contribution in [2.75, 3.05) is 6.54 Å². The number of nitrogens with two attached hydrogens (primary N) is 1. The third-order valence-corrected chi connectivity index (χ3v) is 2.36. The monoisotopic (exact) mass is 198 g/mol. The first-order chi connectivity index (χ1) is 6.81. The highest BCUT2D eigenvalue weighted by Gasteiger charge is 1.91. The number of hydrogen-bond donors (Lipinski definition) is 1. The van der Waals surface area contributed by atoms with Crippen LogP contribution in [0.4, 0.5) is 0 Å². The summed E-state index contributed by atoms with van der Waals surface area (Å²) < 4.78 is 0. The molecule has 0 heterocycles. The minimum atomic E-state index is 0.849. The Hall–Kier alpha value is -0.530. The second-order valence-corrected chi connectivity index (χ2v) is 3.89. The van der Waals surface area contributed by atoms with Gasteiger partial charge in [0.25, 0.3) is 0 Å². The van der Waals surface area contributed by atoms with Crippen LogP contribution in [0.5, 0.6) is 0 Å². The van der Waals surface area contributed by atoms with Crippen molar-refractivity contribution in [1.82, 2.24) is 0 Å². The van der Waals surface area contributed by atoms with Crippen molar-refractivity contribution in [2.24, 2.45) is 10.7 Å². The molecule has 0 saturated heterocycles. The first-order valence-corrected chi connectivity index (χ1v) is 6.10. The summed E-state index contributed by atoms with van der Waals surface area (Å²) in [4.78, 5) is 4.35. The maximum absolute atomic E-state index is 5.75. The predicted octanol–water partition coefficient (Wildman–Crippen LogP) is 3.50. The molecule has 2 N–H and O–H groups in total. The van der Waals surface area contributed by atoms with Crippen LogP contribution in [0.3, 0.4) is 0 Å². The smallest absolute Gasteiger partial charge is 0.0937 e. The molecule has 0 saturated carbocycles. The van der Waals surface area contributed by atoms with E-state index < -0.39 is 0 Å². The Morgan fingerprint density at radius 1 is 0.929 bits per heavy atom. The van der Waals surface area contributed by atoms with Gasteiger partial charge in [-0.1, -0.05) is 46.0 Å². The summed E-state index contributed by atoms with van der Waals surface area (Å²) in [5, 5.41) is 0. The van der Waals surface area contributed by atoms with Crippen LogP contribution < -0.4 is 5.73 Å². The van der Waals surface area contributed by atoms with Gasteiger partial charge in [0.2, 0.25) is 0 Å². The zero-order valence-electron chi connectivity index (χ0n) is 9.89. The Balaban J connectivity index is 3.23. The van der Waals surface area contributed by atoms with E-state index in [2.05, 4.69) is 18.8 Å². The summed E-state index contributed by atoms with van der Waals surface area (Å²) in [5.41, 5.74) is 5.75. The van der Waals surface area contributed by atoms with E-state index >= 15 is 0 Å². The standard InChI is InChI=1S/C12H26N2/c1-3-5-7-8-9-11-14-12(13)10-6-4-2/h3-11H2,1-2H3,(H2,13,14). The molecule has 0 aromatic heterocycles. The molecule has 0 bridgehead atoms. The molecule has 0 aliphatic carbocycles. The van der Waals surface area contributed by atoms with E-state index in [1.807, 2.05) is 0 Å². The lowest BCUT2D eigenvalue weighted by Gasteiger charge is -2.00. The summed E-state index contributed by atoms with van der Waals surface area (Å²) >= 11 is 0. The van der Waals surface area contributed by atoms with Gasteiger partial charge >= 0.3 is 0 Å². The minimum absolute atomic E-state index is 0.849. The van der Waals surface area contributed by atoms with E-state index in [9.17, 15) is 0 Å². The van der Waals surface area contributed by atoms with Crippen LogP contribution in [-0.4, -0.2) is 12.4 Å². The lowest BCUT2D eigenvalue weighted by atomic mass is 10.1. The third kappa shape index (κ3) is 9.56. The number of amidine groups is 1. The topological polar surface area (TPSA) is 38.4 Å². The molecule has 0 radical (unpaired) electrons. The Morgan fingerprint density at radius 2 is 1.57 bits per heavy atom. The highest BCUT2D eigenvalue weighted by Crippen LogP contribution is 2.02. The van der Waals surface area contributed by atoms with Gasteiger partial charge in [-0.3, -0.25) is 4.99 Å². The molecule has 0 aliphatic heterocycles. The van der Waals surface area contributed by atoms with E-state index in [1.165, 1.54) is 44.9 Å². The summed E-state index contributed by atoms with van der Waals surface area (Å²) in [6.45, 7) is 5.35. The van der Waals surface area contributed by atoms with E-state index in [0.717, 1.165) is 18.8 Å². The van der Waals surface area contributed by atoms with E-state index in [-0.39, 0.29) is 0 Å². The normalized spacial score (nSPS) is 12.0. The predicted molar refractivity (Wildman–Crippen MR) is 64.8 cm³/mol. The van der Waals surface area contributed by atoms with Gasteiger partial charge < -0.3 is 5.73 Å². The van der Waals surface area contributed by atoms with Crippen LogP contribution >= 0.6 is 0 Å². The first-order valence-electron chi connectivity index (χ1n) is 6.10. The largest absolute Gasteiger partial charge is 0.387 e. The van der Waals surface area contributed by atoms with Crippen molar-refractivity contribution in [3.8, 4) is 0 Å². The summed E-state index contributed by atoms with van der Waals surface area (Å²) in [5.74, 6) is 0.849. The zero-order chi connectivity index (χ0) is 10.6. The highest BCUT2D eigenvalue weighted by atomic mass is 14.8. The van der Waals surface area contributed by atoms with Gasteiger partial charge in [-0.05, 0) is 12.8 Å². The zero-order valence-corrected chi connectivity index (χ0v) is 9.89. The van der Waals surface area contributed by atoms with Gasteiger partial charge in [-0.15, -0.1) is 0 Å². The lowest BCUT2D eigenvalue weighted by molar-refractivity contribution is 0.637. The van der Waals surface area contributed by atoms with Crippen LogP contribution in [-0.2, 0) is 0 Å². The van der Waals surface area contributed by atoms with Crippen molar-refractivity contribution >= 4 is 5.84 Å². The Bertz CT molecular complexity index is 141. The third-order valence-electron chi connectivity index (χ3n) is 2.36. The fourth-order valence-corrected chi connectivity index (χ4v) is 1.37. The fourth-order valence-electron chi connectivity index (χ4n) is 1.37. The maximum atomic E-state index is 5.75. The summed E-state index contributed by atoms with van der Waals surface area (Å²) in [6, 6.07) is 0. The molecule has 0 unspecified atom stereocenters. The number of aliphatic imine (C=N–C) groups is 1. The second kappa shape index (κ2) is 10.6. The molecule has 14 heavy (non-hydrogen) atoms. The minimum Gasteiger partial charge on any atom is -0.387 e. The van der Waals surface area contributed by atoms with Gasteiger partial charge in [-0.2, -0.15) is 0 Å². The van der Waals surface area contributed by atoms with Crippen LogP contribution in [0.2, 0.25) is 0 Å². The van der Waals surface area contributed by atoms with E-state index in [1.54, 1.807) is 0 Å². The number of nitrogens with zero attached hydrogens (tertiary/aromatic N) is 1. The van der Waals surface area contributed by atoms with Gasteiger partial charge in [-0.25, -0.2) is 0 Å². The van der Waals surface area contributed by atoms with Crippen molar-refractivity contribution in [3.05, 3.63) is 0 Å². The van der Waals surface area contributed by atoms with Gasteiger partial charge in [0, 0.05) is 13.0 Å². The van der Waals surface area contributed by atoms with E-state index in [0.29, 0.717) is 0 Å². The molecule has 0 amide bonds. The van der Waals surface area contributed by atoms with Crippen molar-refractivity contribution in [2.45, 2.75) is 65.2 Å². The quantitative estimate of drug-likeness (QED) is 0.344. The number of hydrogen-bond acceptors (Lipinski definition) is 1. The maximum Gasteiger partial charge on any atom is 0.0937 e. The highest BCUT2D eigenvalue weighted by molar-refractivity contribution is 5.80. The second-order valence-electron chi connectivity index (χ2n) is 3.89. The molecular formula is C12H26N2. The molecular weight excluding hydrogens is 172 g/mol. The molecule has 0 spiro atoms. The molecule has 0 aromatic rings. The molecule has 0 aromatic carbocycles. The summed E-state index contributed by atoms with van der Waals surface area (Å²) in [6.07, 6.45) is 9.87. The van der Waals surface area contributed by atoms with Gasteiger partial charge in [0.05, 0.1) is 5.84 Å². The number of rotatable bonds is 9. The molecule has 0 atom stereocenters. The van der Waals surface area contributed by atoms with E-state index in [4.69, 9.17) is 5.73 Å². The average Bonchev–Trinajstić information content (AvgIpc) is 2.20. The van der Waals surface area contributed by atoms with Crippen LogP contribution in [0, 0.1) is 0 Å². The van der Waals surface area contributed by atoms with Crippen molar-refractivity contribution < 1.29 is 0 Å². The average molecular weight is 198 g/mol. The molecule has 0 aliphatic rings. The van der Waals surface area contributed by atoms with Crippen molar-refractivity contribution in [1.29, 1.82) is 0 Å².